The Morgan fingerprint density at radius 2 is 1.69 bits per heavy atom. The average molecular weight is 394 g/mol. The van der Waals surface area contributed by atoms with Crippen LogP contribution >= 0.6 is 0 Å². The first-order valence-electron chi connectivity index (χ1n) is 9.13. The molecule has 2 aliphatic rings. The van der Waals surface area contributed by atoms with E-state index in [0.717, 1.165) is 17.7 Å². The van der Waals surface area contributed by atoms with E-state index in [1.807, 2.05) is 24.3 Å². The van der Waals surface area contributed by atoms with E-state index >= 15 is 0 Å². The highest BCUT2D eigenvalue weighted by molar-refractivity contribution is 6.29. The van der Waals surface area contributed by atoms with Crippen molar-refractivity contribution in [2.24, 2.45) is 0 Å². The molecule has 7 heteroatoms. The van der Waals surface area contributed by atoms with Gasteiger partial charge in [0, 0.05) is 42.0 Å². The molecule has 2 aromatic rings. The van der Waals surface area contributed by atoms with Crippen LogP contribution in [0, 0.1) is 0 Å². The first-order chi connectivity index (χ1) is 13.7. The number of carbonyl (C=O) groups is 4. The van der Waals surface area contributed by atoms with Crippen molar-refractivity contribution in [1.82, 2.24) is 0 Å². The van der Waals surface area contributed by atoms with Crippen LogP contribution in [0.2, 0.25) is 0 Å². The molecule has 7 nitrogen and oxygen atoms in total. The normalized spacial score (nSPS) is 23.6. The lowest BCUT2D eigenvalue weighted by Gasteiger charge is -2.37. The lowest BCUT2D eigenvalue weighted by atomic mass is 9.69. The zero-order valence-electron chi connectivity index (χ0n) is 15.6. The second-order valence-corrected chi connectivity index (χ2v) is 7.43. The minimum absolute atomic E-state index is 0.0739. The number of fused-ring (bicyclic) bond motifs is 2. The number of rotatable bonds is 3. The summed E-state index contributed by atoms with van der Waals surface area (Å²) in [7, 11) is 0. The fourth-order valence-electron chi connectivity index (χ4n) is 4.01. The van der Waals surface area contributed by atoms with Crippen molar-refractivity contribution in [2.75, 3.05) is 6.61 Å². The van der Waals surface area contributed by atoms with Crippen LogP contribution in [-0.4, -0.2) is 51.8 Å². The maximum Gasteiger partial charge on any atom is 0.303 e. The molecule has 29 heavy (non-hydrogen) atoms. The fourth-order valence-corrected chi connectivity index (χ4v) is 4.01. The van der Waals surface area contributed by atoms with Crippen molar-refractivity contribution in [1.29, 1.82) is 0 Å². The van der Waals surface area contributed by atoms with Gasteiger partial charge in [-0.1, -0.05) is 24.3 Å². The smallest absolute Gasteiger partial charge is 0.303 e. The zero-order chi connectivity index (χ0) is 20.9. The maximum absolute atomic E-state index is 13.1. The monoisotopic (exact) mass is 394 g/mol. The number of aliphatic hydroxyl groups is 2. The predicted molar refractivity (Wildman–Crippen MR) is 101 cm³/mol. The summed E-state index contributed by atoms with van der Waals surface area (Å²) in [6.45, 7) is 0.447. The number of carbonyl (C=O) groups excluding carboxylic acids is 4. The molecule has 0 saturated heterocycles. The van der Waals surface area contributed by atoms with Crippen LogP contribution in [0.25, 0.3) is 10.8 Å². The Morgan fingerprint density at radius 3 is 2.28 bits per heavy atom. The number of ether oxygens (including phenoxy) is 1. The van der Waals surface area contributed by atoms with Crippen molar-refractivity contribution < 1.29 is 34.1 Å². The van der Waals surface area contributed by atoms with Crippen LogP contribution in [0.4, 0.5) is 0 Å². The van der Waals surface area contributed by atoms with E-state index in [9.17, 15) is 29.4 Å². The third-order valence-electron chi connectivity index (χ3n) is 5.48. The van der Waals surface area contributed by atoms with E-state index in [1.54, 1.807) is 12.1 Å². The lowest BCUT2D eigenvalue weighted by molar-refractivity contribution is -0.154. The number of hydrogen-bond donors (Lipinski definition) is 2. The van der Waals surface area contributed by atoms with Crippen molar-refractivity contribution in [3.63, 3.8) is 0 Å². The van der Waals surface area contributed by atoms with Crippen LogP contribution in [0.3, 0.4) is 0 Å². The van der Waals surface area contributed by atoms with Crippen LogP contribution in [0.15, 0.2) is 47.5 Å². The van der Waals surface area contributed by atoms with Crippen molar-refractivity contribution in [3.05, 3.63) is 58.7 Å². The van der Waals surface area contributed by atoms with E-state index in [0.29, 0.717) is 0 Å². The molecule has 0 spiro atoms. The van der Waals surface area contributed by atoms with Gasteiger partial charge in [0.2, 0.25) is 5.78 Å². The summed E-state index contributed by atoms with van der Waals surface area (Å²) in [5.41, 5.74) is -1.88. The Balaban J connectivity index is 1.76. The summed E-state index contributed by atoms with van der Waals surface area (Å²) in [6, 6.07) is 10.5. The van der Waals surface area contributed by atoms with Gasteiger partial charge in [-0.15, -0.1) is 0 Å². The second kappa shape index (κ2) is 6.72. The standard InChI is InChI=1S/C22H18O7/c1-11(23)29-10-18(25)22(28)8-16-19(17(24)9-22)21(27)15-7-13-5-3-2-4-12(13)6-14(15)20(16)26/h2-7,17,24,28H,8-10H2,1H3/t17-,22+/m0/s1. The molecule has 2 atom stereocenters. The first-order valence-corrected chi connectivity index (χ1v) is 9.13. The van der Waals surface area contributed by atoms with Gasteiger partial charge in [-0.25, -0.2) is 0 Å². The molecule has 4 rings (SSSR count). The van der Waals surface area contributed by atoms with Gasteiger partial charge in [-0.05, 0) is 22.9 Å². The summed E-state index contributed by atoms with van der Waals surface area (Å²) >= 11 is 0. The number of hydrogen-bond acceptors (Lipinski definition) is 7. The minimum Gasteiger partial charge on any atom is -0.458 e. The second-order valence-electron chi connectivity index (χ2n) is 7.43. The highest BCUT2D eigenvalue weighted by atomic mass is 16.5. The largest absolute Gasteiger partial charge is 0.458 e. The first kappa shape index (κ1) is 19.2. The van der Waals surface area contributed by atoms with E-state index in [1.165, 1.54) is 0 Å². The third kappa shape index (κ3) is 3.08. The molecule has 2 aromatic carbocycles. The molecule has 0 heterocycles. The van der Waals surface area contributed by atoms with Crippen LogP contribution in [0.5, 0.6) is 0 Å². The zero-order valence-corrected chi connectivity index (χ0v) is 15.6. The Hall–Kier alpha value is -3.16. The molecule has 0 fully saturated rings. The van der Waals surface area contributed by atoms with Crippen molar-refractivity contribution in [2.45, 2.75) is 31.5 Å². The quantitative estimate of drug-likeness (QED) is 0.758. The van der Waals surface area contributed by atoms with E-state index in [2.05, 4.69) is 4.74 Å². The molecular formula is C22H18O7. The molecule has 2 N–H and O–H groups in total. The number of esters is 1. The van der Waals surface area contributed by atoms with Crippen LogP contribution in [0.1, 0.15) is 40.5 Å². The predicted octanol–water partition coefficient (Wildman–Crippen LogP) is 1.53. The summed E-state index contributed by atoms with van der Waals surface area (Å²) in [4.78, 5) is 49.5. The summed E-state index contributed by atoms with van der Waals surface area (Å²) < 4.78 is 4.65. The topological polar surface area (TPSA) is 118 Å². The number of ketones is 3. The van der Waals surface area contributed by atoms with E-state index in [4.69, 9.17) is 0 Å². The molecular weight excluding hydrogens is 376 g/mol. The Labute approximate surface area is 165 Å². The third-order valence-corrected chi connectivity index (χ3v) is 5.48. The maximum atomic E-state index is 13.1. The molecule has 0 bridgehead atoms. The molecule has 0 unspecified atom stereocenters. The van der Waals surface area contributed by atoms with Gasteiger partial charge in [0.1, 0.15) is 5.60 Å². The minimum atomic E-state index is -2.10. The van der Waals surface area contributed by atoms with Gasteiger partial charge < -0.3 is 14.9 Å². The average Bonchev–Trinajstić information content (AvgIpc) is 2.68. The molecule has 2 aliphatic carbocycles. The van der Waals surface area contributed by atoms with Gasteiger partial charge in [-0.3, -0.25) is 19.2 Å². The van der Waals surface area contributed by atoms with Gasteiger partial charge in [0.15, 0.2) is 18.2 Å². The molecule has 0 saturated carbocycles. The molecule has 0 amide bonds. The Bertz CT molecular complexity index is 1130. The highest BCUT2D eigenvalue weighted by Gasteiger charge is 2.49. The fraction of sp³-hybridized carbons (Fsp3) is 0.273. The number of Topliss-reactive ketones (excluding diaryl/α,β-unsaturated/α-hetero) is 3. The van der Waals surface area contributed by atoms with Crippen LogP contribution in [-0.2, 0) is 14.3 Å². The summed E-state index contributed by atoms with van der Waals surface area (Å²) in [6.07, 6.45) is -2.36. The van der Waals surface area contributed by atoms with Gasteiger partial charge >= 0.3 is 5.97 Å². The van der Waals surface area contributed by atoms with E-state index < -0.39 is 54.5 Å². The lowest BCUT2D eigenvalue weighted by Crippen LogP contribution is -2.50. The van der Waals surface area contributed by atoms with Crippen molar-refractivity contribution in [3.8, 4) is 0 Å². The van der Waals surface area contributed by atoms with Gasteiger partial charge in [-0.2, -0.15) is 0 Å². The highest BCUT2D eigenvalue weighted by Crippen LogP contribution is 2.41. The Kier molecular flexibility index (Phi) is 4.44. The summed E-state index contributed by atoms with van der Waals surface area (Å²) in [5, 5.41) is 22.9. The van der Waals surface area contributed by atoms with Gasteiger partial charge in [0.05, 0.1) is 6.10 Å². The molecule has 0 aromatic heterocycles. The molecule has 148 valence electrons. The number of aliphatic hydroxyl groups excluding tert-OH is 1. The number of benzene rings is 2. The summed E-state index contributed by atoms with van der Waals surface area (Å²) in [5.74, 6) is -2.51. The van der Waals surface area contributed by atoms with Crippen LogP contribution < -0.4 is 0 Å². The Morgan fingerprint density at radius 1 is 1.10 bits per heavy atom. The molecule has 0 aliphatic heterocycles. The van der Waals surface area contributed by atoms with Crippen molar-refractivity contribution >= 4 is 34.1 Å². The van der Waals surface area contributed by atoms with E-state index in [-0.39, 0.29) is 22.3 Å². The SMILES string of the molecule is CC(=O)OCC(=O)[C@@]1(O)CC2=C(C(=O)c3cc4ccccc4cc3C2=O)[C@@H](O)C1. The molecule has 0 radical (unpaired) electrons. The van der Waals surface area contributed by atoms with Gasteiger partial charge in [0.25, 0.3) is 0 Å².